The highest BCUT2D eigenvalue weighted by molar-refractivity contribution is 5.77. The molecule has 0 bridgehead atoms. The summed E-state index contributed by atoms with van der Waals surface area (Å²) < 4.78 is 10.9. The summed E-state index contributed by atoms with van der Waals surface area (Å²) >= 11 is 0. The molecule has 0 aliphatic rings. The van der Waals surface area contributed by atoms with Crippen LogP contribution in [0.1, 0.15) is 13.8 Å². The Labute approximate surface area is 132 Å². The zero-order valence-electron chi connectivity index (χ0n) is 13.5. The lowest BCUT2D eigenvalue weighted by Gasteiger charge is -2.17. The monoisotopic (exact) mass is 310 g/mol. The first-order chi connectivity index (χ1) is 10.5. The molecule has 0 unspecified atom stereocenters. The number of ether oxygens (including phenoxy) is 2. The highest BCUT2D eigenvalue weighted by Crippen LogP contribution is 2.17. The van der Waals surface area contributed by atoms with E-state index in [4.69, 9.17) is 9.47 Å². The van der Waals surface area contributed by atoms with Crippen molar-refractivity contribution in [3.05, 3.63) is 24.3 Å². The second-order valence-corrected chi connectivity index (χ2v) is 5.15. The minimum absolute atomic E-state index is 0.0848. The Kier molecular flexibility index (Phi) is 8.32. The van der Waals surface area contributed by atoms with Crippen LogP contribution in [0.3, 0.4) is 0 Å². The minimum atomic E-state index is -0.444. The topological polar surface area (TPSA) is 71.0 Å². The molecule has 0 heterocycles. The molecule has 1 rings (SSSR count). The van der Waals surface area contributed by atoms with Gasteiger partial charge in [-0.1, -0.05) is 0 Å². The first-order valence-corrected chi connectivity index (χ1v) is 7.50. The van der Waals surface area contributed by atoms with Crippen LogP contribution in [0.5, 0.6) is 11.5 Å². The van der Waals surface area contributed by atoms with Gasteiger partial charge in [-0.2, -0.15) is 0 Å². The fraction of sp³-hybridized carbons (Fsp3) is 0.562. The van der Waals surface area contributed by atoms with E-state index in [9.17, 15) is 9.90 Å². The number of nitrogens with one attached hydrogen (secondary N) is 1. The summed E-state index contributed by atoms with van der Waals surface area (Å²) in [6.07, 6.45) is -0.444. The minimum Gasteiger partial charge on any atom is -0.494 e. The van der Waals surface area contributed by atoms with Gasteiger partial charge in [0.05, 0.1) is 25.8 Å². The second-order valence-electron chi connectivity index (χ2n) is 5.15. The average molecular weight is 310 g/mol. The third-order valence-electron chi connectivity index (χ3n) is 2.82. The van der Waals surface area contributed by atoms with Crippen molar-refractivity contribution in [3.63, 3.8) is 0 Å². The van der Waals surface area contributed by atoms with Gasteiger partial charge >= 0.3 is 0 Å². The second kappa shape index (κ2) is 10.0. The van der Waals surface area contributed by atoms with Gasteiger partial charge in [0.2, 0.25) is 5.91 Å². The van der Waals surface area contributed by atoms with Crippen molar-refractivity contribution < 1.29 is 19.4 Å². The third-order valence-corrected chi connectivity index (χ3v) is 2.82. The molecule has 0 saturated heterocycles. The highest BCUT2D eigenvalue weighted by Gasteiger charge is 2.08. The molecule has 6 heteroatoms. The zero-order valence-corrected chi connectivity index (χ0v) is 13.5. The van der Waals surface area contributed by atoms with E-state index in [0.717, 1.165) is 11.5 Å². The first kappa shape index (κ1) is 18.3. The molecule has 1 atom stereocenters. The number of carbonyl (C=O) groups excluding carboxylic acids is 1. The molecule has 0 fully saturated rings. The van der Waals surface area contributed by atoms with Crippen LogP contribution in [0.25, 0.3) is 0 Å². The summed E-state index contributed by atoms with van der Waals surface area (Å²) in [5, 5.41) is 12.0. The molecular weight excluding hydrogens is 284 g/mol. The van der Waals surface area contributed by atoms with E-state index in [-0.39, 0.29) is 12.5 Å². The molecular formula is C16H26N2O4. The Morgan fingerprint density at radius 3 is 2.41 bits per heavy atom. The predicted octanol–water partition coefficient (Wildman–Crippen LogP) is 0.893. The largest absolute Gasteiger partial charge is 0.494 e. The van der Waals surface area contributed by atoms with E-state index in [0.29, 0.717) is 26.3 Å². The van der Waals surface area contributed by atoms with Crippen molar-refractivity contribution in [1.82, 2.24) is 10.2 Å². The maximum absolute atomic E-state index is 11.7. The molecule has 0 aliphatic heterocycles. The lowest BCUT2D eigenvalue weighted by molar-refractivity contribution is -0.122. The van der Waals surface area contributed by atoms with E-state index in [1.807, 2.05) is 31.2 Å². The number of nitrogens with zero attached hydrogens (tertiary/aromatic N) is 1. The van der Waals surface area contributed by atoms with Gasteiger partial charge in [-0.25, -0.2) is 0 Å². The number of aliphatic hydroxyl groups excluding tert-OH is 1. The van der Waals surface area contributed by atoms with Crippen LogP contribution in [-0.4, -0.2) is 61.9 Å². The normalized spacial score (nSPS) is 12.0. The third kappa shape index (κ3) is 7.85. The molecule has 1 amide bonds. The number of hydrogen-bond acceptors (Lipinski definition) is 5. The molecule has 22 heavy (non-hydrogen) atoms. The van der Waals surface area contributed by atoms with Crippen LogP contribution in [-0.2, 0) is 4.79 Å². The Hall–Kier alpha value is -1.79. The van der Waals surface area contributed by atoms with Crippen molar-refractivity contribution in [2.24, 2.45) is 0 Å². The van der Waals surface area contributed by atoms with Gasteiger partial charge in [0.15, 0.2) is 0 Å². The molecule has 0 aliphatic carbocycles. The fourth-order valence-corrected chi connectivity index (χ4v) is 1.97. The maximum Gasteiger partial charge on any atom is 0.234 e. The van der Waals surface area contributed by atoms with Crippen LogP contribution in [0.2, 0.25) is 0 Å². The van der Waals surface area contributed by atoms with Crippen LogP contribution in [0.4, 0.5) is 0 Å². The molecule has 1 aromatic carbocycles. The molecule has 6 nitrogen and oxygen atoms in total. The Bertz CT molecular complexity index is 434. The van der Waals surface area contributed by atoms with Crippen LogP contribution in [0, 0.1) is 0 Å². The van der Waals surface area contributed by atoms with Crippen LogP contribution >= 0.6 is 0 Å². The average Bonchev–Trinajstić information content (AvgIpc) is 2.44. The number of carbonyl (C=O) groups is 1. The van der Waals surface area contributed by atoms with Gasteiger partial charge in [0.25, 0.3) is 0 Å². The van der Waals surface area contributed by atoms with E-state index >= 15 is 0 Å². The molecule has 1 aromatic rings. The van der Waals surface area contributed by atoms with Gasteiger partial charge in [0, 0.05) is 6.54 Å². The lowest BCUT2D eigenvalue weighted by atomic mass is 10.3. The van der Waals surface area contributed by atoms with Crippen molar-refractivity contribution in [2.75, 3.05) is 39.9 Å². The summed E-state index contributed by atoms with van der Waals surface area (Å²) in [5.74, 6) is 1.46. The number of amides is 1. The summed E-state index contributed by atoms with van der Waals surface area (Å²) in [6.45, 7) is 5.83. The molecule has 124 valence electrons. The zero-order chi connectivity index (χ0) is 16.4. The van der Waals surface area contributed by atoms with Crippen molar-refractivity contribution in [2.45, 2.75) is 20.0 Å². The van der Waals surface area contributed by atoms with Crippen molar-refractivity contribution in [3.8, 4) is 11.5 Å². The Balaban J connectivity index is 2.17. The van der Waals surface area contributed by atoms with Gasteiger partial charge < -0.3 is 19.9 Å². The molecule has 0 aromatic heterocycles. The van der Waals surface area contributed by atoms with Gasteiger partial charge in [0.1, 0.15) is 18.1 Å². The number of benzene rings is 1. The summed E-state index contributed by atoms with van der Waals surface area (Å²) in [6, 6.07) is 7.37. The van der Waals surface area contributed by atoms with Crippen molar-refractivity contribution >= 4 is 5.91 Å². The smallest absolute Gasteiger partial charge is 0.234 e. The Morgan fingerprint density at radius 2 is 1.86 bits per heavy atom. The van der Waals surface area contributed by atoms with Crippen LogP contribution in [0.15, 0.2) is 24.3 Å². The van der Waals surface area contributed by atoms with Gasteiger partial charge in [-0.05, 0) is 45.2 Å². The number of aliphatic hydroxyl groups is 1. The highest BCUT2D eigenvalue weighted by atomic mass is 16.5. The van der Waals surface area contributed by atoms with E-state index in [1.165, 1.54) is 0 Å². The fourth-order valence-electron chi connectivity index (χ4n) is 1.97. The van der Waals surface area contributed by atoms with E-state index < -0.39 is 6.10 Å². The molecule has 2 N–H and O–H groups in total. The van der Waals surface area contributed by atoms with E-state index in [1.54, 1.807) is 18.9 Å². The van der Waals surface area contributed by atoms with Gasteiger partial charge in [-0.15, -0.1) is 0 Å². The molecule has 0 spiro atoms. The first-order valence-electron chi connectivity index (χ1n) is 7.50. The summed E-state index contributed by atoms with van der Waals surface area (Å²) in [7, 11) is 1.79. The summed E-state index contributed by atoms with van der Waals surface area (Å²) in [5.41, 5.74) is 0. The lowest BCUT2D eigenvalue weighted by Crippen LogP contribution is -2.39. The Morgan fingerprint density at radius 1 is 1.27 bits per heavy atom. The molecule has 0 radical (unpaired) electrons. The van der Waals surface area contributed by atoms with Crippen LogP contribution < -0.4 is 14.8 Å². The molecule has 0 saturated carbocycles. The number of hydrogen-bond donors (Lipinski definition) is 2. The standard InChI is InChI=1S/C16H26N2O4/c1-4-21-14-5-7-15(8-6-14)22-10-9-17-16(20)12-18(3)11-13(2)19/h5-8,13,19H,4,9-12H2,1-3H3,(H,17,20)/t13-/m0/s1. The number of rotatable bonds is 10. The SMILES string of the molecule is CCOc1ccc(OCCNC(=O)CN(C)C[C@H](C)O)cc1. The summed E-state index contributed by atoms with van der Waals surface area (Å²) in [4.78, 5) is 13.4. The van der Waals surface area contributed by atoms with Gasteiger partial charge in [-0.3, -0.25) is 9.69 Å². The predicted molar refractivity (Wildman–Crippen MR) is 85.3 cm³/mol. The number of likely N-dealkylation sites (N-methyl/N-ethyl adjacent to an activating group) is 1. The van der Waals surface area contributed by atoms with E-state index in [2.05, 4.69) is 5.32 Å². The quantitative estimate of drug-likeness (QED) is 0.628. The maximum atomic E-state index is 11.7. The van der Waals surface area contributed by atoms with Crippen molar-refractivity contribution in [1.29, 1.82) is 0 Å².